The van der Waals surface area contributed by atoms with Gasteiger partial charge in [0.25, 0.3) is 0 Å². The van der Waals surface area contributed by atoms with Gasteiger partial charge in [0.15, 0.2) is 0 Å². The fraction of sp³-hybridized carbons (Fsp3) is 0. The van der Waals surface area contributed by atoms with Crippen molar-refractivity contribution in [3.8, 4) is 16.9 Å². The molecule has 1 N–H and O–H groups in total. The van der Waals surface area contributed by atoms with E-state index < -0.39 is 0 Å². The Labute approximate surface area is 65.3 Å². The van der Waals surface area contributed by atoms with Crippen LogP contribution in [0.25, 0.3) is 11.1 Å². The van der Waals surface area contributed by atoms with Gasteiger partial charge in [0.05, 0.1) is 0 Å². The van der Waals surface area contributed by atoms with Gasteiger partial charge in [0, 0.05) is 5.56 Å². The number of aromatic hydroxyl groups is 1. The van der Waals surface area contributed by atoms with E-state index >= 15 is 0 Å². The monoisotopic (exact) mass is 144 g/mol. The van der Waals surface area contributed by atoms with Gasteiger partial charge in [-0.25, -0.2) is 0 Å². The summed E-state index contributed by atoms with van der Waals surface area (Å²) in [6.45, 7) is 0. The summed E-state index contributed by atoms with van der Waals surface area (Å²) < 4.78 is 0. The standard InChI is InChI=1S/C10H8O/c11-10-7-6-8-4-2-1-3-5-9(8)10/h1-7,11H. The molecule has 54 valence electrons. The first kappa shape index (κ1) is 6.23. The highest BCUT2D eigenvalue weighted by molar-refractivity contribution is 5.72. The number of hydrogen-bond donors (Lipinski definition) is 1. The van der Waals surface area contributed by atoms with Crippen molar-refractivity contribution < 1.29 is 5.11 Å². The van der Waals surface area contributed by atoms with Crippen LogP contribution in [0.3, 0.4) is 0 Å². The average molecular weight is 144 g/mol. The molecule has 0 atom stereocenters. The molecule has 2 rings (SSSR count). The minimum Gasteiger partial charge on any atom is -0.507 e. The predicted octanol–water partition coefficient (Wildman–Crippen LogP) is 2.50. The SMILES string of the molecule is Oc1ccc2cccccc1-2. The molecule has 0 heterocycles. The Kier molecular flexibility index (Phi) is 1.29. The quantitative estimate of drug-likeness (QED) is 0.602. The molecule has 1 nitrogen and oxygen atoms in total. The molecule has 2 aliphatic carbocycles. The Morgan fingerprint density at radius 3 is 2.55 bits per heavy atom. The lowest BCUT2D eigenvalue weighted by Gasteiger charge is -1.90. The third-order valence-electron chi connectivity index (χ3n) is 1.77. The summed E-state index contributed by atoms with van der Waals surface area (Å²) in [6, 6.07) is 13.3. The summed E-state index contributed by atoms with van der Waals surface area (Å²) in [7, 11) is 0. The van der Waals surface area contributed by atoms with E-state index in [4.69, 9.17) is 0 Å². The molecule has 0 aromatic carbocycles. The molecule has 0 spiro atoms. The van der Waals surface area contributed by atoms with Crippen molar-refractivity contribution in [3.05, 3.63) is 42.5 Å². The molecule has 0 bridgehead atoms. The smallest absolute Gasteiger partial charge is 0.123 e. The first-order chi connectivity index (χ1) is 5.38. The molecule has 0 fully saturated rings. The maximum absolute atomic E-state index is 9.32. The number of hydrogen-bond acceptors (Lipinski definition) is 1. The second-order valence-corrected chi connectivity index (χ2v) is 2.50. The zero-order valence-corrected chi connectivity index (χ0v) is 5.99. The highest BCUT2D eigenvalue weighted by Gasteiger charge is 2.03. The average Bonchev–Trinajstić information content (AvgIpc) is 2.25. The van der Waals surface area contributed by atoms with Gasteiger partial charge in [-0.05, 0) is 11.6 Å². The van der Waals surface area contributed by atoms with E-state index in [0.29, 0.717) is 5.75 Å². The van der Waals surface area contributed by atoms with Crippen LogP contribution in [0, 0.1) is 0 Å². The number of fused-ring (bicyclic) bond motifs is 1. The summed E-state index contributed by atoms with van der Waals surface area (Å²) in [5.74, 6) is 0.358. The van der Waals surface area contributed by atoms with Gasteiger partial charge in [0.1, 0.15) is 5.75 Å². The second kappa shape index (κ2) is 2.27. The van der Waals surface area contributed by atoms with Gasteiger partial charge in [-0.3, -0.25) is 0 Å². The Hall–Kier alpha value is -1.50. The third kappa shape index (κ3) is 0.944. The molecule has 0 radical (unpaired) electrons. The van der Waals surface area contributed by atoms with Crippen molar-refractivity contribution in [2.45, 2.75) is 0 Å². The molecular weight excluding hydrogens is 136 g/mol. The van der Waals surface area contributed by atoms with Crippen molar-refractivity contribution in [2.75, 3.05) is 0 Å². The van der Waals surface area contributed by atoms with Crippen molar-refractivity contribution in [2.24, 2.45) is 0 Å². The lowest BCUT2D eigenvalue weighted by molar-refractivity contribution is 0.479. The minimum atomic E-state index is 0.358. The zero-order valence-electron chi connectivity index (χ0n) is 5.99. The van der Waals surface area contributed by atoms with Crippen LogP contribution in [0.2, 0.25) is 0 Å². The van der Waals surface area contributed by atoms with Gasteiger partial charge < -0.3 is 5.11 Å². The zero-order chi connectivity index (χ0) is 7.68. The van der Waals surface area contributed by atoms with Crippen LogP contribution in [0.1, 0.15) is 0 Å². The minimum absolute atomic E-state index is 0.358. The van der Waals surface area contributed by atoms with E-state index in [-0.39, 0.29) is 0 Å². The third-order valence-corrected chi connectivity index (χ3v) is 1.77. The summed E-state index contributed by atoms with van der Waals surface area (Å²) in [4.78, 5) is 0. The second-order valence-electron chi connectivity index (χ2n) is 2.50. The van der Waals surface area contributed by atoms with Gasteiger partial charge in [-0.2, -0.15) is 0 Å². The molecule has 1 heteroatoms. The van der Waals surface area contributed by atoms with Crippen molar-refractivity contribution >= 4 is 0 Å². The molecule has 0 saturated carbocycles. The number of rotatable bonds is 0. The van der Waals surface area contributed by atoms with Crippen LogP contribution in [0.15, 0.2) is 42.5 Å². The molecule has 11 heavy (non-hydrogen) atoms. The van der Waals surface area contributed by atoms with Crippen molar-refractivity contribution in [1.82, 2.24) is 0 Å². The predicted molar refractivity (Wildman–Crippen MR) is 44.7 cm³/mol. The van der Waals surface area contributed by atoms with Crippen LogP contribution in [-0.4, -0.2) is 5.11 Å². The molecule has 0 aromatic heterocycles. The normalized spacial score (nSPS) is 10.2. The molecule has 0 aliphatic heterocycles. The van der Waals surface area contributed by atoms with E-state index in [9.17, 15) is 5.11 Å². The molecular formula is C10H8O. The van der Waals surface area contributed by atoms with Gasteiger partial charge >= 0.3 is 0 Å². The van der Waals surface area contributed by atoms with Crippen LogP contribution < -0.4 is 0 Å². The molecule has 0 unspecified atom stereocenters. The lowest BCUT2D eigenvalue weighted by Crippen LogP contribution is -1.63. The van der Waals surface area contributed by atoms with Gasteiger partial charge in [0.2, 0.25) is 0 Å². The van der Waals surface area contributed by atoms with E-state index in [1.807, 2.05) is 36.4 Å². The lowest BCUT2D eigenvalue weighted by atomic mass is 10.2. The van der Waals surface area contributed by atoms with Crippen LogP contribution in [0.4, 0.5) is 0 Å². The van der Waals surface area contributed by atoms with Crippen LogP contribution in [0.5, 0.6) is 5.75 Å². The van der Waals surface area contributed by atoms with Gasteiger partial charge in [-0.1, -0.05) is 36.4 Å². The first-order valence-electron chi connectivity index (χ1n) is 3.54. The van der Waals surface area contributed by atoms with Crippen LogP contribution in [-0.2, 0) is 0 Å². The highest BCUT2D eigenvalue weighted by Crippen LogP contribution is 2.31. The molecule has 2 aliphatic rings. The molecule has 0 amide bonds. The maximum atomic E-state index is 9.32. The summed E-state index contributed by atoms with van der Waals surface area (Å²) in [5.41, 5.74) is 1.99. The largest absolute Gasteiger partial charge is 0.507 e. The van der Waals surface area contributed by atoms with E-state index in [2.05, 4.69) is 0 Å². The first-order valence-corrected chi connectivity index (χ1v) is 3.54. The van der Waals surface area contributed by atoms with Crippen molar-refractivity contribution in [1.29, 1.82) is 0 Å². The summed E-state index contributed by atoms with van der Waals surface area (Å²) in [5, 5.41) is 9.32. The fourth-order valence-electron chi connectivity index (χ4n) is 1.20. The maximum Gasteiger partial charge on any atom is 0.123 e. The van der Waals surface area contributed by atoms with Crippen LogP contribution >= 0.6 is 0 Å². The summed E-state index contributed by atoms with van der Waals surface area (Å²) in [6.07, 6.45) is 0. The van der Waals surface area contributed by atoms with Crippen molar-refractivity contribution in [3.63, 3.8) is 0 Å². The molecule has 0 aromatic rings. The van der Waals surface area contributed by atoms with E-state index in [0.717, 1.165) is 11.1 Å². The highest BCUT2D eigenvalue weighted by atomic mass is 16.3. The Morgan fingerprint density at radius 1 is 0.818 bits per heavy atom. The Morgan fingerprint density at radius 2 is 1.64 bits per heavy atom. The topological polar surface area (TPSA) is 20.2 Å². The van der Waals surface area contributed by atoms with E-state index in [1.165, 1.54) is 0 Å². The van der Waals surface area contributed by atoms with E-state index in [1.54, 1.807) is 6.07 Å². The molecule has 0 saturated heterocycles. The Bertz CT molecular complexity index is 341. The van der Waals surface area contributed by atoms with Gasteiger partial charge in [-0.15, -0.1) is 0 Å². The Balaban J connectivity index is 2.75. The summed E-state index contributed by atoms with van der Waals surface area (Å²) >= 11 is 0. The fourth-order valence-corrected chi connectivity index (χ4v) is 1.20.